The Hall–Kier alpha value is -2.89. The highest BCUT2D eigenvalue weighted by atomic mass is 19.1. The lowest BCUT2D eigenvalue weighted by Gasteiger charge is -2.17. The van der Waals surface area contributed by atoms with Crippen LogP contribution in [0.15, 0.2) is 48.5 Å². The third kappa shape index (κ3) is 10.1. The summed E-state index contributed by atoms with van der Waals surface area (Å²) >= 11 is 0. The van der Waals surface area contributed by atoms with Crippen molar-refractivity contribution in [1.82, 2.24) is 5.32 Å². The van der Waals surface area contributed by atoms with Gasteiger partial charge in [-0.1, -0.05) is 19.1 Å². The number of amides is 1. The van der Waals surface area contributed by atoms with Gasteiger partial charge in [0.2, 0.25) is 5.91 Å². The molecule has 0 spiro atoms. The van der Waals surface area contributed by atoms with Crippen LogP contribution in [0.2, 0.25) is 0 Å². The van der Waals surface area contributed by atoms with E-state index < -0.39 is 0 Å². The lowest BCUT2D eigenvalue weighted by atomic mass is 10.0. The number of halogens is 1. The van der Waals surface area contributed by atoms with Gasteiger partial charge in [-0.25, -0.2) is 0 Å². The minimum Gasteiger partial charge on any atom is -0.497 e. The van der Waals surface area contributed by atoms with E-state index in [4.69, 9.17) is 9.47 Å². The molecule has 2 aromatic carbocycles. The van der Waals surface area contributed by atoms with E-state index in [1.807, 2.05) is 24.3 Å². The van der Waals surface area contributed by atoms with Crippen LogP contribution in [0.3, 0.4) is 0 Å². The van der Waals surface area contributed by atoms with E-state index in [1.165, 1.54) is 0 Å². The Morgan fingerprint density at radius 3 is 2.21 bits per heavy atom. The average molecular weight is 458 g/mol. The number of carbonyl (C=O) groups is 2. The normalized spacial score (nSPS) is 11.6. The fourth-order valence-electron chi connectivity index (χ4n) is 3.48. The van der Waals surface area contributed by atoms with Crippen LogP contribution in [-0.2, 0) is 11.2 Å². The number of hydrogen-bond acceptors (Lipinski definition) is 4. The van der Waals surface area contributed by atoms with E-state index >= 15 is 0 Å². The molecule has 0 fully saturated rings. The maximum atomic E-state index is 12.4. The summed E-state index contributed by atoms with van der Waals surface area (Å²) in [7, 11) is 1.59. The summed E-state index contributed by atoms with van der Waals surface area (Å²) in [6.45, 7) is 2.26. The molecule has 0 heterocycles. The van der Waals surface area contributed by atoms with Gasteiger partial charge in [0.1, 0.15) is 11.5 Å². The zero-order valence-corrected chi connectivity index (χ0v) is 19.8. The lowest BCUT2D eigenvalue weighted by molar-refractivity contribution is -0.121. The second kappa shape index (κ2) is 15.0. The van der Waals surface area contributed by atoms with Gasteiger partial charge in [0.25, 0.3) is 0 Å². The SMILES string of the molecule is CC[C@H](Cc1ccc(OCCCCF)cc1)NC(=O)CCCCC(=O)c1ccc(OC)cc1. The van der Waals surface area contributed by atoms with Crippen molar-refractivity contribution in [2.45, 2.75) is 64.3 Å². The Labute approximate surface area is 196 Å². The Morgan fingerprint density at radius 2 is 1.58 bits per heavy atom. The monoisotopic (exact) mass is 457 g/mol. The molecule has 2 aromatic rings. The second-order valence-corrected chi connectivity index (χ2v) is 8.12. The van der Waals surface area contributed by atoms with Gasteiger partial charge in [0, 0.05) is 24.4 Å². The maximum absolute atomic E-state index is 12.4. The van der Waals surface area contributed by atoms with Gasteiger partial charge in [-0.15, -0.1) is 0 Å². The molecule has 1 atom stereocenters. The van der Waals surface area contributed by atoms with Gasteiger partial charge in [-0.05, 0) is 80.5 Å². The van der Waals surface area contributed by atoms with Crippen molar-refractivity contribution in [2.24, 2.45) is 0 Å². The maximum Gasteiger partial charge on any atom is 0.220 e. The number of nitrogens with one attached hydrogen (secondary N) is 1. The predicted octanol–water partition coefficient (Wildman–Crippen LogP) is 5.70. The summed E-state index contributed by atoms with van der Waals surface area (Å²) in [5.74, 6) is 1.60. The quantitative estimate of drug-likeness (QED) is 0.259. The predicted molar refractivity (Wildman–Crippen MR) is 129 cm³/mol. The standard InChI is InChI=1S/C27H36FNO4/c1-3-23(20-21-10-14-25(15-11-21)33-19-7-6-18-28)29-27(31)9-5-4-8-26(30)22-12-16-24(32-2)17-13-22/h10-17,23H,3-9,18-20H2,1-2H3,(H,29,31)/t23-/m1/s1. The van der Waals surface area contributed by atoms with Gasteiger partial charge in [-0.2, -0.15) is 0 Å². The van der Waals surface area contributed by atoms with Crippen LogP contribution in [-0.4, -0.2) is 38.1 Å². The Morgan fingerprint density at radius 1 is 0.909 bits per heavy atom. The number of methoxy groups -OCH3 is 1. The van der Waals surface area contributed by atoms with Gasteiger partial charge < -0.3 is 14.8 Å². The summed E-state index contributed by atoms with van der Waals surface area (Å²) in [4.78, 5) is 24.6. The number of ether oxygens (including phenoxy) is 2. The first-order valence-corrected chi connectivity index (χ1v) is 11.8. The van der Waals surface area contributed by atoms with Gasteiger partial charge >= 0.3 is 0 Å². The molecule has 0 unspecified atom stereocenters. The number of rotatable bonds is 16. The largest absolute Gasteiger partial charge is 0.497 e. The zero-order chi connectivity index (χ0) is 23.9. The van der Waals surface area contributed by atoms with E-state index in [9.17, 15) is 14.0 Å². The first-order valence-electron chi connectivity index (χ1n) is 11.8. The molecule has 2 rings (SSSR count). The molecule has 6 heteroatoms. The van der Waals surface area contributed by atoms with Crippen LogP contribution >= 0.6 is 0 Å². The van der Waals surface area contributed by atoms with E-state index in [0.29, 0.717) is 50.7 Å². The van der Waals surface area contributed by atoms with Crippen molar-refractivity contribution in [3.05, 3.63) is 59.7 Å². The third-order valence-corrected chi connectivity index (χ3v) is 5.53. The van der Waals surface area contributed by atoms with E-state index in [2.05, 4.69) is 12.2 Å². The fraction of sp³-hybridized carbons (Fsp3) is 0.481. The van der Waals surface area contributed by atoms with Crippen molar-refractivity contribution >= 4 is 11.7 Å². The number of hydrogen-bond donors (Lipinski definition) is 1. The molecule has 0 aromatic heterocycles. The smallest absolute Gasteiger partial charge is 0.220 e. The molecule has 0 aliphatic heterocycles. The number of benzene rings is 2. The number of unbranched alkanes of at least 4 members (excludes halogenated alkanes) is 2. The highest BCUT2D eigenvalue weighted by Crippen LogP contribution is 2.16. The minimum atomic E-state index is -0.311. The Bertz CT molecular complexity index is 836. The molecule has 1 N–H and O–H groups in total. The fourth-order valence-corrected chi connectivity index (χ4v) is 3.48. The second-order valence-electron chi connectivity index (χ2n) is 8.12. The van der Waals surface area contributed by atoms with Crippen molar-refractivity contribution < 1.29 is 23.5 Å². The minimum absolute atomic E-state index is 0.0200. The van der Waals surface area contributed by atoms with Gasteiger partial charge in [0.05, 0.1) is 20.4 Å². The van der Waals surface area contributed by atoms with Crippen LogP contribution in [0.5, 0.6) is 11.5 Å². The molecule has 0 saturated heterocycles. The third-order valence-electron chi connectivity index (χ3n) is 5.53. The highest BCUT2D eigenvalue weighted by molar-refractivity contribution is 5.96. The molecule has 0 bridgehead atoms. The summed E-state index contributed by atoms with van der Waals surface area (Å²) in [5.41, 5.74) is 1.80. The molecular weight excluding hydrogens is 421 g/mol. The molecule has 0 radical (unpaired) electrons. The van der Waals surface area contributed by atoms with Crippen LogP contribution in [0, 0.1) is 0 Å². The van der Waals surface area contributed by atoms with Crippen LogP contribution < -0.4 is 14.8 Å². The molecule has 180 valence electrons. The molecule has 33 heavy (non-hydrogen) atoms. The Balaban J connectivity index is 1.67. The Kier molecular flexibility index (Phi) is 12.0. The van der Waals surface area contributed by atoms with Crippen molar-refractivity contribution in [3.8, 4) is 11.5 Å². The number of ketones is 1. The summed E-state index contributed by atoms with van der Waals surface area (Å²) in [5, 5.41) is 3.11. The van der Waals surface area contributed by atoms with Crippen LogP contribution in [0.25, 0.3) is 0 Å². The first-order chi connectivity index (χ1) is 16.0. The molecule has 1 amide bonds. The van der Waals surface area contributed by atoms with Crippen LogP contribution in [0.1, 0.15) is 67.8 Å². The van der Waals surface area contributed by atoms with Crippen molar-refractivity contribution in [3.63, 3.8) is 0 Å². The molecule has 0 saturated carbocycles. The lowest BCUT2D eigenvalue weighted by Crippen LogP contribution is -2.35. The van der Waals surface area contributed by atoms with Gasteiger partial charge in [-0.3, -0.25) is 14.0 Å². The highest BCUT2D eigenvalue weighted by Gasteiger charge is 2.12. The molecule has 5 nitrogen and oxygen atoms in total. The zero-order valence-electron chi connectivity index (χ0n) is 19.8. The molecular formula is C27H36FNO4. The van der Waals surface area contributed by atoms with Crippen molar-refractivity contribution in [2.75, 3.05) is 20.4 Å². The summed E-state index contributed by atoms with van der Waals surface area (Å²) < 4.78 is 22.8. The number of carbonyl (C=O) groups excluding carboxylic acids is 2. The number of Topliss-reactive ketones (excluding diaryl/α,β-unsaturated/α-hetero) is 1. The van der Waals surface area contributed by atoms with Crippen LogP contribution in [0.4, 0.5) is 4.39 Å². The average Bonchev–Trinajstić information content (AvgIpc) is 2.85. The molecule has 0 aliphatic rings. The molecule has 0 aliphatic carbocycles. The first kappa shape index (κ1) is 26.4. The van der Waals surface area contributed by atoms with Crippen molar-refractivity contribution in [1.29, 1.82) is 0 Å². The summed E-state index contributed by atoms with van der Waals surface area (Å²) in [6, 6.07) is 15.0. The topological polar surface area (TPSA) is 64.6 Å². The van der Waals surface area contributed by atoms with E-state index in [0.717, 1.165) is 29.9 Å². The number of alkyl halides is 1. The van der Waals surface area contributed by atoms with E-state index in [-0.39, 0.29) is 24.4 Å². The summed E-state index contributed by atoms with van der Waals surface area (Å²) in [6.07, 6.45) is 5.02. The van der Waals surface area contributed by atoms with Gasteiger partial charge in [0.15, 0.2) is 5.78 Å². The van der Waals surface area contributed by atoms with E-state index in [1.54, 1.807) is 31.4 Å².